The fourth-order valence-corrected chi connectivity index (χ4v) is 3.81. The first-order valence-electron chi connectivity index (χ1n) is 6.49. The summed E-state index contributed by atoms with van der Waals surface area (Å²) in [5.74, 6) is 0. The Labute approximate surface area is 119 Å². The second kappa shape index (κ2) is 5.17. The van der Waals surface area contributed by atoms with Gasteiger partial charge in [0.25, 0.3) is 0 Å². The molecule has 0 aromatic heterocycles. The van der Waals surface area contributed by atoms with Gasteiger partial charge in [-0.1, -0.05) is 0 Å². The molecule has 1 fully saturated rings. The molecule has 0 bridgehead atoms. The minimum Gasteiger partial charge on any atom is -0.390 e. The average molecular weight is 294 g/mol. The average Bonchev–Trinajstić information content (AvgIpc) is 2.38. The molecule has 0 unspecified atom stereocenters. The van der Waals surface area contributed by atoms with Crippen LogP contribution in [-0.4, -0.2) is 36.5 Å². The van der Waals surface area contributed by atoms with Crippen molar-refractivity contribution in [1.82, 2.24) is 4.31 Å². The number of aliphatic hydroxyl groups is 1. The maximum Gasteiger partial charge on any atom is 0.243 e. The summed E-state index contributed by atoms with van der Waals surface area (Å²) < 4.78 is 26.4. The van der Waals surface area contributed by atoms with Crippen LogP contribution in [0, 0.1) is 18.3 Å². The Kier molecular flexibility index (Phi) is 3.87. The molecule has 1 aromatic rings. The molecule has 0 amide bonds. The third-order valence-electron chi connectivity index (χ3n) is 3.76. The monoisotopic (exact) mass is 294 g/mol. The van der Waals surface area contributed by atoms with Crippen LogP contribution < -0.4 is 0 Å². The van der Waals surface area contributed by atoms with Crippen LogP contribution >= 0.6 is 0 Å². The van der Waals surface area contributed by atoms with Crippen molar-refractivity contribution in [2.45, 2.75) is 37.2 Å². The molecule has 1 aliphatic rings. The van der Waals surface area contributed by atoms with E-state index in [1.807, 2.05) is 6.07 Å². The van der Waals surface area contributed by atoms with Gasteiger partial charge in [-0.2, -0.15) is 9.57 Å². The zero-order valence-electron chi connectivity index (χ0n) is 11.6. The molecule has 0 spiro atoms. The molecular weight excluding hydrogens is 276 g/mol. The van der Waals surface area contributed by atoms with Gasteiger partial charge in [-0.05, 0) is 50.5 Å². The van der Waals surface area contributed by atoms with E-state index in [0.29, 0.717) is 37.1 Å². The van der Waals surface area contributed by atoms with E-state index in [2.05, 4.69) is 0 Å². The highest BCUT2D eigenvalue weighted by Crippen LogP contribution is 2.26. The van der Waals surface area contributed by atoms with Crippen molar-refractivity contribution in [1.29, 1.82) is 5.26 Å². The Morgan fingerprint density at radius 2 is 1.95 bits per heavy atom. The lowest BCUT2D eigenvalue weighted by Gasteiger charge is -2.35. The van der Waals surface area contributed by atoms with Crippen LogP contribution in [0.4, 0.5) is 0 Å². The molecule has 0 radical (unpaired) electrons. The van der Waals surface area contributed by atoms with Crippen LogP contribution in [-0.2, 0) is 10.0 Å². The molecule has 20 heavy (non-hydrogen) atoms. The summed E-state index contributed by atoms with van der Waals surface area (Å²) in [5.41, 5.74) is 0.343. The van der Waals surface area contributed by atoms with E-state index in [0.717, 1.165) is 0 Å². The lowest BCUT2D eigenvalue weighted by atomic mass is 9.95. The van der Waals surface area contributed by atoms with Crippen molar-refractivity contribution in [2.24, 2.45) is 0 Å². The quantitative estimate of drug-likeness (QED) is 0.894. The van der Waals surface area contributed by atoms with Crippen molar-refractivity contribution in [3.63, 3.8) is 0 Å². The Bertz CT molecular complexity index is 649. The van der Waals surface area contributed by atoms with Crippen molar-refractivity contribution in [3.05, 3.63) is 29.3 Å². The fourth-order valence-electron chi connectivity index (χ4n) is 2.28. The predicted octanol–water partition coefficient (Wildman–Crippen LogP) is 1.40. The standard InChI is InChI=1S/C14H18N2O3S/c1-11-9-13(4-3-12(11)10-15)20(18,19)16-7-5-14(2,17)6-8-16/h3-4,9,17H,5-8H2,1-2H3. The number of hydrogen-bond acceptors (Lipinski definition) is 4. The molecule has 0 aliphatic carbocycles. The van der Waals surface area contributed by atoms with Crippen molar-refractivity contribution >= 4 is 10.0 Å². The summed E-state index contributed by atoms with van der Waals surface area (Å²) in [7, 11) is -3.55. The Morgan fingerprint density at radius 1 is 1.35 bits per heavy atom. The van der Waals surface area contributed by atoms with Crippen LogP contribution in [0.15, 0.2) is 23.1 Å². The Hall–Kier alpha value is -1.42. The highest BCUT2D eigenvalue weighted by molar-refractivity contribution is 7.89. The van der Waals surface area contributed by atoms with E-state index < -0.39 is 15.6 Å². The van der Waals surface area contributed by atoms with Gasteiger partial charge in [0.05, 0.1) is 22.1 Å². The van der Waals surface area contributed by atoms with Crippen LogP contribution in [0.2, 0.25) is 0 Å². The van der Waals surface area contributed by atoms with Crippen molar-refractivity contribution in [2.75, 3.05) is 13.1 Å². The lowest BCUT2D eigenvalue weighted by Crippen LogP contribution is -2.45. The first-order valence-corrected chi connectivity index (χ1v) is 7.93. The summed E-state index contributed by atoms with van der Waals surface area (Å²) in [6.07, 6.45) is 0.864. The third kappa shape index (κ3) is 2.85. The van der Waals surface area contributed by atoms with E-state index in [9.17, 15) is 13.5 Å². The van der Waals surface area contributed by atoms with Gasteiger partial charge in [-0.15, -0.1) is 0 Å². The molecule has 0 saturated carbocycles. The maximum absolute atomic E-state index is 12.5. The zero-order chi connectivity index (χ0) is 15.0. The number of rotatable bonds is 2. The molecule has 1 aliphatic heterocycles. The smallest absolute Gasteiger partial charge is 0.243 e. The fraction of sp³-hybridized carbons (Fsp3) is 0.500. The van der Waals surface area contributed by atoms with Crippen molar-refractivity contribution in [3.8, 4) is 6.07 Å². The first kappa shape index (κ1) is 15.0. The minimum atomic E-state index is -3.55. The summed E-state index contributed by atoms with van der Waals surface area (Å²) >= 11 is 0. The number of aryl methyl sites for hydroxylation is 1. The molecule has 1 aromatic carbocycles. The molecule has 0 atom stereocenters. The predicted molar refractivity (Wildman–Crippen MR) is 74.5 cm³/mol. The van der Waals surface area contributed by atoms with Gasteiger partial charge < -0.3 is 5.11 Å². The van der Waals surface area contributed by atoms with Gasteiger partial charge in [-0.3, -0.25) is 0 Å². The number of benzene rings is 1. The second-order valence-electron chi connectivity index (χ2n) is 5.49. The zero-order valence-corrected chi connectivity index (χ0v) is 12.4. The number of piperidine rings is 1. The largest absolute Gasteiger partial charge is 0.390 e. The number of sulfonamides is 1. The summed E-state index contributed by atoms with van der Waals surface area (Å²) in [6.45, 7) is 4.07. The van der Waals surface area contributed by atoms with E-state index in [1.54, 1.807) is 13.8 Å². The molecule has 1 N–H and O–H groups in total. The van der Waals surface area contributed by atoms with Gasteiger partial charge in [0.2, 0.25) is 10.0 Å². The molecule has 1 heterocycles. The topological polar surface area (TPSA) is 81.4 Å². The summed E-state index contributed by atoms with van der Waals surface area (Å²) in [6, 6.07) is 6.55. The summed E-state index contributed by atoms with van der Waals surface area (Å²) in [4.78, 5) is 0.204. The lowest BCUT2D eigenvalue weighted by molar-refractivity contribution is 0.0126. The number of nitriles is 1. The van der Waals surface area contributed by atoms with Crippen LogP contribution in [0.25, 0.3) is 0 Å². The normalized spacial score (nSPS) is 19.5. The summed E-state index contributed by atoms with van der Waals surface area (Å²) in [5, 5.41) is 18.8. The number of hydrogen-bond donors (Lipinski definition) is 1. The van der Waals surface area contributed by atoms with E-state index in [-0.39, 0.29) is 4.90 Å². The van der Waals surface area contributed by atoms with Gasteiger partial charge in [-0.25, -0.2) is 8.42 Å². The molecule has 6 heteroatoms. The third-order valence-corrected chi connectivity index (χ3v) is 5.65. The van der Waals surface area contributed by atoms with Gasteiger partial charge in [0.15, 0.2) is 0 Å². The highest BCUT2D eigenvalue weighted by atomic mass is 32.2. The van der Waals surface area contributed by atoms with Crippen LogP contribution in [0.3, 0.4) is 0 Å². The number of nitrogens with zero attached hydrogens (tertiary/aromatic N) is 2. The van der Waals surface area contributed by atoms with Gasteiger partial charge >= 0.3 is 0 Å². The van der Waals surface area contributed by atoms with E-state index in [1.165, 1.54) is 22.5 Å². The first-order chi connectivity index (χ1) is 9.26. The molecule has 5 nitrogen and oxygen atoms in total. The molecular formula is C14H18N2O3S. The molecule has 1 saturated heterocycles. The van der Waals surface area contributed by atoms with Gasteiger partial charge in [0, 0.05) is 13.1 Å². The second-order valence-corrected chi connectivity index (χ2v) is 7.43. The van der Waals surface area contributed by atoms with Crippen molar-refractivity contribution < 1.29 is 13.5 Å². The Morgan fingerprint density at radius 3 is 2.45 bits per heavy atom. The van der Waals surface area contributed by atoms with E-state index in [4.69, 9.17) is 5.26 Å². The SMILES string of the molecule is Cc1cc(S(=O)(=O)N2CCC(C)(O)CC2)ccc1C#N. The van der Waals surface area contributed by atoms with Crippen LogP contribution in [0.1, 0.15) is 30.9 Å². The van der Waals surface area contributed by atoms with E-state index >= 15 is 0 Å². The Balaban J connectivity index is 2.28. The molecule has 2 rings (SSSR count). The van der Waals surface area contributed by atoms with Gasteiger partial charge in [0.1, 0.15) is 0 Å². The highest BCUT2D eigenvalue weighted by Gasteiger charge is 2.34. The molecule has 108 valence electrons. The van der Waals surface area contributed by atoms with Crippen LogP contribution in [0.5, 0.6) is 0 Å². The minimum absolute atomic E-state index is 0.204. The maximum atomic E-state index is 12.5.